The molecule has 1 aromatic heterocycles. The third-order valence-corrected chi connectivity index (χ3v) is 3.16. The number of aryl methyl sites for hydroxylation is 1. The van der Waals surface area contributed by atoms with Gasteiger partial charge in [0.1, 0.15) is 0 Å². The van der Waals surface area contributed by atoms with Crippen LogP contribution in [0.15, 0.2) is 6.33 Å². The van der Waals surface area contributed by atoms with Gasteiger partial charge in [0.05, 0.1) is 18.6 Å². The fourth-order valence-corrected chi connectivity index (χ4v) is 2.28. The molecule has 1 aliphatic rings. The summed E-state index contributed by atoms with van der Waals surface area (Å²) in [5.41, 5.74) is 2.22. The van der Waals surface area contributed by atoms with E-state index >= 15 is 0 Å². The molecule has 1 amide bonds. The maximum absolute atomic E-state index is 12.0. The third kappa shape index (κ3) is 2.85. The van der Waals surface area contributed by atoms with Crippen LogP contribution in [-0.4, -0.2) is 35.6 Å². The maximum atomic E-state index is 12.0. The number of carbonyl (C=O) groups is 1. The van der Waals surface area contributed by atoms with Gasteiger partial charge in [0.15, 0.2) is 0 Å². The van der Waals surface area contributed by atoms with E-state index in [0.717, 1.165) is 30.7 Å². The van der Waals surface area contributed by atoms with Crippen LogP contribution in [0.2, 0.25) is 0 Å². The van der Waals surface area contributed by atoms with Crippen molar-refractivity contribution in [1.29, 1.82) is 0 Å². The van der Waals surface area contributed by atoms with Gasteiger partial charge >= 0.3 is 0 Å². The van der Waals surface area contributed by atoms with Crippen LogP contribution in [0.3, 0.4) is 0 Å². The molecule has 5 heteroatoms. The molecule has 0 saturated heterocycles. The zero-order chi connectivity index (χ0) is 12.3. The lowest BCUT2D eigenvalue weighted by Crippen LogP contribution is -2.41. The average Bonchev–Trinajstić information content (AvgIpc) is 2.75. The van der Waals surface area contributed by atoms with Gasteiger partial charge in [-0.1, -0.05) is 0 Å². The van der Waals surface area contributed by atoms with Crippen LogP contribution in [0.1, 0.15) is 24.7 Å². The summed E-state index contributed by atoms with van der Waals surface area (Å²) in [6.45, 7) is 2.50. The molecule has 0 spiro atoms. The second-order valence-corrected chi connectivity index (χ2v) is 4.63. The van der Waals surface area contributed by atoms with Crippen LogP contribution in [0.25, 0.3) is 0 Å². The van der Waals surface area contributed by atoms with Gasteiger partial charge in [-0.05, 0) is 19.8 Å². The minimum Gasteiger partial charge on any atom is -0.383 e. The summed E-state index contributed by atoms with van der Waals surface area (Å²) < 4.78 is 5.00. The molecule has 0 unspecified atom stereocenters. The first-order chi connectivity index (χ1) is 8.20. The van der Waals surface area contributed by atoms with Crippen molar-refractivity contribution < 1.29 is 9.53 Å². The number of fused-ring (bicyclic) bond motifs is 1. The number of amides is 1. The number of carbonyl (C=O) groups excluding carboxylic acids is 1. The summed E-state index contributed by atoms with van der Waals surface area (Å²) in [4.78, 5) is 19.4. The molecule has 0 radical (unpaired) electrons. The third-order valence-electron chi connectivity index (χ3n) is 3.16. The monoisotopic (exact) mass is 237 g/mol. The molecule has 2 atom stereocenters. The van der Waals surface area contributed by atoms with Gasteiger partial charge < -0.3 is 15.0 Å². The van der Waals surface area contributed by atoms with Crippen molar-refractivity contribution >= 4 is 5.91 Å². The van der Waals surface area contributed by atoms with Crippen LogP contribution in [0.4, 0.5) is 0 Å². The highest BCUT2D eigenvalue weighted by molar-refractivity contribution is 5.79. The predicted molar refractivity (Wildman–Crippen MR) is 63.6 cm³/mol. The molecule has 0 saturated carbocycles. The highest BCUT2D eigenvalue weighted by Crippen LogP contribution is 2.22. The van der Waals surface area contributed by atoms with Crippen molar-refractivity contribution in [2.24, 2.45) is 5.92 Å². The second kappa shape index (κ2) is 5.31. The molecule has 1 aromatic rings. The number of nitrogens with zero attached hydrogens (tertiary/aromatic N) is 1. The van der Waals surface area contributed by atoms with E-state index in [4.69, 9.17) is 4.74 Å². The largest absolute Gasteiger partial charge is 0.383 e. The number of hydrogen-bond donors (Lipinski definition) is 2. The Kier molecular flexibility index (Phi) is 3.78. The quantitative estimate of drug-likeness (QED) is 0.808. The Labute approximate surface area is 101 Å². The summed E-state index contributed by atoms with van der Waals surface area (Å²) in [5.74, 6) is 0.178. The van der Waals surface area contributed by atoms with Crippen LogP contribution in [0.5, 0.6) is 0 Å². The number of ether oxygens (including phenoxy) is 1. The van der Waals surface area contributed by atoms with Crippen molar-refractivity contribution in [2.75, 3.05) is 13.7 Å². The summed E-state index contributed by atoms with van der Waals surface area (Å²) >= 11 is 0. The molecule has 0 aromatic carbocycles. The Bertz CT molecular complexity index is 389. The van der Waals surface area contributed by atoms with Crippen LogP contribution >= 0.6 is 0 Å². The minimum absolute atomic E-state index is 0.0576. The van der Waals surface area contributed by atoms with Gasteiger partial charge in [-0.2, -0.15) is 0 Å². The molecule has 0 bridgehead atoms. The van der Waals surface area contributed by atoms with E-state index in [1.807, 2.05) is 6.92 Å². The molecular weight excluding hydrogens is 218 g/mol. The fourth-order valence-electron chi connectivity index (χ4n) is 2.28. The standard InChI is InChI=1S/C12H19N3O2/c1-8(6-17-2)15-12(16)9-3-4-10-11(5-9)14-7-13-10/h7-9H,3-6H2,1-2H3,(H,13,14)(H,15,16)/t8-,9+/m0/s1. The maximum Gasteiger partial charge on any atom is 0.223 e. The van der Waals surface area contributed by atoms with Crippen LogP contribution in [-0.2, 0) is 22.4 Å². The molecule has 1 heterocycles. The lowest BCUT2D eigenvalue weighted by Gasteiger charge is -2.22. The Morgan fingerprint density at radius 2 is 2.59 bits per heavy atom. The lowest BCUT2D eigenvalue weighted by atomic mass is 9.89. The smallest absolute Gasteiger partial charge is 0.223 e. The SMILES string of the molecule is COC[C@H](C)NC(=O)[C@@H]1CCc2nc[nH]c2C1. The molecule has 1 aliphatic carbocycles. The number of H-pyrrole nitrogens is 1. The Morgan fingerprint density at radius 3 is 3.35 bits per heavy atom. The molecule has 0 fully saturated rings. The molecule has 0 aliphatic heterocycles. The molecule has 17 heavy (non-hydrogen) atoms. The molecular formula is C12H19N3O2. The molecule has 94 valence electrons. The minimum atomic E-state index is 0.0576. The Morgan fingerprint density at radius 1 is 1.76 bits per heavy atom. The molecule has 2 rings (SSSR count). The molecule has 5 nitrogen and oxygen atoms in total. The van der Waals surface area contributed by atoms with E-state index in [0.29, 0.717) is 6.61 Å². The van der Waals surface area contributed by atoms with E-state index < -0.39 is 0 Å². The van der Waals surface area contributed by atoms with Gasteiger partial charge in [0.2, 0.25) is 5.91 Å². The topological polar surface area (TPSA) is 67.0 Å². The van der Waals surface area contributed by atoms with E-state index in [1.54, 1.807) is 13.4 Å². The number of hydrogen-bond acceptors (Lipinski definition) is 3. The summed E-state index contributed by atoms with van der Waals surface area (Å²) in [5, 5.41) is 2.98. The zero-order valence-electron chi connectivity index (χ0n) is 10.3. The Balaban J connectivity index is 1.90. The van der Waals surface area contributed by atoms with Gasteiger partial charge in [-0.3, -0.25) is 4.79 Å². The summed E-state index contributed by atoms with van der Waals surface area (Å²) in [6.07, 6.45) is 4.23. The first-order valence-corrected chi connectivity index (χ1v) is 6.01. The lowest BCUT2D eigenvalue weighted by molar-refractivity contribution is -0.126. The first kappa shape index (κ1) is 12.1. The first-order valence-electron chi connectivity index (χ1n) is 6.01. The average molecular weight is 237 g/mol. The number of nitrogens with one attached hydrogen (secondary N) is 2. The van der Waals surface area contributed by atoms with Gasteiger partial charge in [0.25, 0.3) is 0 Å². The van der Waals surface area contributed by atoms with E-state index in [1.165, 1.54) is 0 Å². The van der Waals surface area contributed by atoms with Crippen LogP contribution < -0.4 is 5.32 Å². The number of aromatic amines is 1. The Hall–Kier alpha value is -1.36. The predicted octanol–water partition coefficient (Wildman–Crippen LogP) is 0.666. The van der Waals surface area contributed by atoms with Crippen molar-refractivity contribution in [3.63, 3.8) is 0 Å². The zero-order valence-corrected chi connectivity index (χ0v) is 10.3. The van der Waals surface area contributed by atoms with Crippen molar-refractivity contribution in [1.82, 2.24) is 15.3 Å². The van der Waals surface area contributed by atoms with Crippen LogP contribution in [0, 0.1) is 5.92 Å². The van der Waals surface area contributed by atoms with E-state index in [2.05, 4.69) is 15.3 Å². The summed E-state index contributed by atoms with van der Waals surface area (Å²) in [7, 11) is 1.64. The van der Waals surface area contributed by atoms with Gasteiger partial charge in [-0.15, -0.1) is 0 Å². The second-order valence-electron chi connectivity index (χ2n) is 4.63. The van der Waals surface area contributed by atoms with Crippen molar-refractivity contribution in [3.8, 4) is 0 Å². The normalized spacial score (nSPS) is 20.7. The van der Waals surface area contributed by atoms with E-state index in [9.17, 15) is 4.79 Å². The van der Waals surface area contributed by atoms with Crippen molar-refractivity contribution in [2.45, 2.75) is 32.2 Å². The van der Waals surface area contributed by atoms with E-state index in [-0.39, 0.29) is 17.9 Å². The highest BCUT2D eigenvalue weighted by Gasteiger charge is 2.26. The number of aromatic nitrogens is 2. The fraction of sp³-hybridized carbons (Fsp3) is 0.667. The summed E-state index contributed by atoms with van der Waals surface area (Å²) in [6, 6.07) is 0.0654. The number of imidazole rings is 1. The van der Waals surface area contributed by atoms with Crippen molar-refractivity contribution in [3.05, 3.63) is 17.7 Å². The number of rotatable bonds is 4. The van der Waals surface area contributed by atoms with Gasteiger partial charge in [0, 0.05) is 31.2 Å². The highest BCUT2D eigenvalue weighted by atomic mass is 16.5. The molecule has 2 N–H and O–H groups in total. The number of methoxy groups -OCH3 is 1. The van der Waals surface area contributed by atoms with Gasteiger partial charge in [-0.25, -0.2) is 4.98 Å².